The second kappa shape index (κ2) is 10.6. The first-order chi connectivity index (χ1) is 14.9. The van der Waals surface area contributed by atoms with Crippen LogP contribution in [0.5, 0.6) is 0 Å². The Labute approximate surface area is 188 Å². The van der Waals surface area contributed by atoms with Gasteiger partial charge in [-0.1, -0.05) is 29.8 Å². The topological polar surface area (TPSA) is 71.4 Å². The van der Waals surface area contributed by atoms with Crippen LogP contribution in [0.15, 0.2) is 60.5 Å². The van der Waals surface area contributed by atoms with Crippen molar-refractivity contribution in [2.24, 2.45) is 7.05 Å². The Balaban J connectivity index is 1.63. The smallest absolute Gasteiger partial charge is 0.319 e. The number of aryl methyl sites for hydroxylation is 1. The minimum Gasteiger partial charge on any atom is -0.364 e. The minimum absolute atomic E-state index is 0.261. The van der Waals surface area contributed by atoms with Crippen LogP contribution in [0.4, 0.5) is 4.79 Å². The van der Waals surface area contributed by atoms with Crippen LogP contribution in [0.3, 0.4) is 0 Å². The van der Waals surface area contributed by atoms with Crippen LogP contribution < -0.4 is 10.6 Å². The molecule has 0 aliphatic heterocycles. The summed E-state index contributed by atoms with van der Waals surface area (Å²) in [6.45, 7) is 1.96. The van der Waals surface area contributed by atoms with Crippen molar-refractivity contribution in [3.05, 3.63) is 76.7 Å². The highest BCUT2D eigenvalue weighted by molar-refractivity contribution is 6.30. The molecule has 2 N–H and O–H groups in total. The van der Waals surface area contributed by atoms with E-state index in [0.29, 0.717) is 24.6 Å². The number of allylic oxidation sites excluding steroid dienone is 2. The van der Waals surface area contributed by atoms with Crippen LogP contribution in [0.1, 0.15) is 24.1 Å². The van der Waals surface area contributed by atoms with E-state index in [0.717, 1.165) is 29.9 Å². The van der Waals surface area contributed by atoms with E-state index in [1.165, 1.54) is 0 Å². The molecule has 1 atom stereocenters. The van der Waals surface area contributed by atoms with E-state index < -0.39 is 5.60 Å². The predicted molar refractivity (Wildman–Crippen MR) is 123 cm³/mol. The number of carbonyl (C=O) groups is 1. The van der Waals surface area contributed by atoms with Gasteiger partial charge in [-0.3, -0.25) is 4.68 Å². The summed E-state index contributed by atoms with van der Waals surface area (Å²) in [5, 5.41) is 10.8. The fourth-order valence-electron chi connectivity index (χ4n) is 3.55. The number of carbonyl (C=O) groups excluding carboxylic acids is 1. The third-order valence-electron chi connectivity index (χ3n) is 5.12. The molecule has 0 fully saturated rings. The molecule has 1 heterocycles. The van der Waals surface area contributed by atoms with E-state index in [2.05, 4.69) is 20.6 Å². The van der Waals surface area contributed by atoms with Gasteiger partial charge in [0.1, 0.15) is 5.60 Å². The molecule has 2 amide bonds. The fourth-order valence-corrected chi connectivity index (χ4v) is 3.68. The first-order valence-corrected chi connectivity index (χ1v) is 10.7. The number of nitrogens with zero attached hydrogens (tertiary/aromatic N) is 3. The van der Waals surface area contributed by atoms with Gasteiger partial charge in [0.05, 0.1) is 5.69 Å². The molecule has 1 aliphatic carbocycles. The SMILES string of the molecule is CN(C)CCCOC1(c2ccnn2C)C=CC=C(NC(=O)NCc2ccc(Cl)cc2)C1. The Morgan fingerprint density at radius 1 is 1.29 bits per heavy atom. The summed E-state index contributed by atoms with van der Waals surface area (Å²) >= 11 is 5.91. The largest absolute Gasteiger partial charge is 0.364 e. The summed E-state index contributed by atoms with van der Waals surface area (Å²) in [6.07, 6.45) is 9.06. The maximum atomic E-state index is 12.5. The first-order valence-electron chi connectivity index (χ1n) is 10.3. The lowest BCUT2D eigenvalue weighted by atomic mass is 9.89. The highest BCUT2D eigenvalue weighted by Crippen LogP contribution is 2.36. The van der Waals surface area contributed by atoms with Crippen molar-refractivity contribution < 1.29 is 9.53 Å². The number of halogens is 1. The Morgan fingerprint density at radius 2 is 2.06 bits per heavy atom. The predicted octanol–water partition coefficient (Wildman–Crippen LogP) is 3.58. The average Bonchev–Trinajstić information content (AvgIpc) is 3.18. The Kier molecular flexibility index (Phi) is 7.90. The normalized spacial score (nSPS) is 18.2. The van der Waals surface area contributed by atoms with Gasteiger partial charge >= 0.3 is 6.03 Å². The summed E-state index contributed by atoms with van der Waals surface area (Å²) in [6, 6.07) is 9.09. The van der Waals surface area contributed by atoms with Gasteiger partial charge in [0, 0.05) is 43.5 Å². The van der Waals surface area contributed by atoms with Crippen LogP contribution in [0.25, 0.3) is 0 Å². The van der Waals surface area contributed by atoms with E-state index in [-0.39, 0.29) is 6.03 Å². The number of aromatic nitrogens is 2. The Morgan fingerprint density at radius 3 is 2.74 bits per heavy atom. The lowest BCUT2D eigenvalue weighted by molar-refractivity contribution is -0.0223. The van der Waals surface area contributed by atoms with E-state index in [4.69, 9.17) is 16.3 Å². The summed E-state index contributed by atoms with van der Waals surface area (Å²) < 4.78 is 8.22. The van der Waals surface area contributed by atoms with E-state index in [1.807, 2.05) is 62.3 Å². The van der Waals surface area contributed by atoms with Gasteiger partial charge in [-0.25, -0.2) is 4.79 Å². The van der Waals surface area contributed by atoms with Gasteiger partial charge in [0.15, 0.2) is 0 Å². The van der Waals surface area contributed by atoms with Crippen molar-refractivity contribution >= 4 is 17.6 Å². The maximum Gasteiger partial charge on any atom is 0.319 e. The number of hydrogen-bond acceptors (Lipinski definition) is 4. The molecule has 1 aromatic heterocycles. The lowest BCUT2D eigenvalue weighted by Crippen LogP contribution is -2.39. The molecule has 0 saturated heterocycles. The number of benzene rings is 1. The zero-order valence-electron chi connectivity index (χ0n) is 18.3. The van der Waals surface area contributed by atoms with Crippen molar-refractivity contribution in [3.63, 3.8) is 0 Å². The molecule has 0 radical (unpaired) electrons. The molecule has 1 aromatic carbocycles. The number of amides is 2. The van der Waals surface area contributed by atoms with E-state index in [1.54, 1.807) is 18.3 Å². The quantitative estimate of drug-likeness (QED) is 0.581. The molecular weight excluding hydrogens is 414 g/mol. The molecular formula is C23H30ClN5O2. The van der Waals surface area contributed by atoms with Crippen LogP contribution in [0, 0.1) is 0 Å². The summed E-state index contributed by atoms with van der Waals surface area (Å²) in [5.74, 6) is 0. The van der Waals surface area contributed by atoms with Gasteiger partial charge in [0.25, 0.3) is 0 Å². The van der Waals surface area contributed by atoms with Gasteiger partial charge < -0.3 is 20.3 Å². The molecule has 3 rings (SSSR count). The van der Waals surface area contributed by atoms with Gasteiger partial charge in [0.2, 0.25) is 0 Å². The summed E-state index contributed by atoms with van der Waals surface area (Å²) in [7, 11) is 5.99. The highest BCUT2D eigenvalue weighted by Gasteiger charge is 2.36. The summed E-state index contributed by atoms with van der Waals surface area (Å²) in [4.78, 5) is 14.6. The third kappa shape index (κ3) is 6.43. The second-order valence-corrected chi connectivity index (χ2v) is 8.33. The van der Waals surface area contributed by atoms with Crippen molar-refractivity contribution in [3.8, 4) is 0 Å². The average molecular weight is 444 g/mol. The van der Waals surface area contributed by atoms with Gasteiger partial charge in [-0.05, 0) is 63.0 Å². The fraction of sp³-hybridized carbons (Fsp3) is 0.391. The van der Waals surface area contributed by atoms with E-state index >= 15 is 0 Å². The second-order valence-electron chi connectivity index (χ2n) is 7.90. The number of rotatable bonds is 9. The number of urea groups is 1. The number of ether oxygens (including phenoxy) is 1. The van der Waals surface area contributed by atoms with Crippen molar-refractivity contribution in [1.82, 2.24) is 25.3 Å². The maximum absolute atomic E-state index is 12.5. The minimum atomic E-state index is -0.675. The molecule has 2 aromatic rings. The Hall–Kier alpha value is -2.61. The van der Waals surface area contributed by atoms with Crippen LogP contribution >= 0.6 is 11.6 Å². The van der Waals surface area contributed by atoms with Crippen molar-refractivity contribution in [2.45, 2.75) is 25.0 Å². The van der Waals surface area contributed by atoms with Gasteiger partial charge in [-0.15, -0.1) is 0 Å². The molecule has 0 spiro atoms. The van der Waals surface area contributed by atoms with Crippen molar-refractivity contribution in [1.29, 1.82) is 0 Å². The molecule has 8 heteroatoms. The molecule has 0 saturated carbocycles. The Bertz CT molecular complexity index is 936. The summed E-state index contributed by atoms with van der Waals surface area (Å²) in [5.41, 5.74) is 2.03. The first kappa shape index (κ1) is 23.1. The molecule has 1 unspecified atom stereocenters. The molecule has 7 nitrogen and oxygen atoms in total. The zero-order chi connectivity index (χ0) is 22.3. The number of nitrogens with one attached hydrogen (secondary N) is 2. The highest BCUT2D eigenvalue weighted by atomic mass is 35.5. The van der Waals surface area contributed by atoms with Crippen LogP contribution in [-0.4, -0.2) is 48.0 Å². The molecule has 166 valence electrons. The van der Waals surface area contributed by atoms with E-state index in [9.17, 15) is 4.79 Å². The standard InChI is InChI=1S/C23H30ClN5O2/c1-28(2)14-5-15-31-23(21-11-13-26-29(21)3)12-4-6-20(16-23)27-22(30)25-17-18-7-9-19(24)10-8-18/h4,6-13H,5,14-17H2,1-3H3,(H2,25,27,30). The molecule has 1 aliphatic rings. The zero-order valence-corrected chi connectivity index (χ0v) is 19.0. The monoisotopic (exact) mass is 443 g/mol. The number of hydrogen-bond donors (Lipinski definition) is 2. The van der Waals surface area contributed by atoms with Crippen molar-refractivity contribution in [2.75, 3.05) is 27.2 Å². The third-order valence-corrected chi connectivity index (χ3v) is 5.37. The lowest BCUT2D eigenvalue weighted by Gasteiger charge is -2.34. The molecule has 0 bridgehead atoms. The molecule has 31 heavy (non-hydrogen) atoms. The van der Waals surface area contributed by atoms with Gasteiger partial charge in [-0.2, -0.15) is 5.10 Å². The van der Waals surface area contributed by atoms with Crippen LogP contribution in [0.2, 0.25) is 5.02 Å². The van der Waals surface area contributed by atoms with Crippen LogP contribution in [-0.2, 0) is 23.9 Å².